The van der Waals surface area contributed by atoms with E-state index in [1.54, 1.807) is 0 Å². The largest absolute Gasteiger partial charge is 0.435 e. The van der Waals surface area contributed by atoms with Crippen molar-refractivity contribution >= 4 is 23.2 Å². The van der Waals surface area contributed by atoms with Crippen molar-refractivity contribution in [1.29, 1.82) is 0 Å². The summed E-state index contributed by atoms with van der Waals surface area (Å²) in [5.74, 6) is -5.27. The summed E-state index contributed by atoms with van der Waals surface area (Å²) in [5, 5.41) is 5.38. The number of carbonyl (C=O) groups is 1. The maximum Gasteiger partial charge on any atom is 0.435 e. The number of alkyl halides is 7. The van der Waals surface area contributed by atoms with E-state index in [0.29, 0.717) is 17.7 Å². The highest BCUT2D eigenvalue weighted by molar-refractivity contribution is 6.30. The summed E-state index contributed by atoms with van der Waals surface area (Å²) in [6, 6.07) is 4.28. The van der Waals surface area contributed by atoms with Crippen molar-refractivity contribution in [3.05, 3.63) is 69.0 Å². The molecule has 0 saturated heterocycles. The molecule has 13 heteroatoms. The molecule has 2 aromatic carbocycles. The third kappa shape index (κ3) is 4.62. The lowest BCUT2D eigenvalue weighted by Crippen LogP contribution is -2.50. The fourth-order valence-corrected chi connectivity index (χ4v) is 4.45. The molecule has 1 saturated carbocycles. The fourth-order valence-electron chi connectivity index (χ4n) is 4.22. The average Bonchev–Trinajstić information content (AvgIpc) is 3.20. The average molecular weight is 541 g/mol. The van der Waals surface area contributed by atoms with Gasteiger partial charge >= 0.3 is 6.18 Å². The molecule has 1 N–H and O–H groups in total. The highest BCUT2D eigenvalue weighted by Gasteiger charge is 2.63. The molecule has 0 aromatic heterocycles. The molecule has 4 rings (SSSR count). The normalized spacial score (nSPS) is 21.7. The van der Waals surface area contributed by atoms with Crippen LogP contribution in [0.1, 0.15) is 58.3 Å². The number of amides is 1. The Hall–Kier alpha value is -2.89. The summed E-state index contributed by atoms with van der Waals surface area (Å²) in [6.07, 6.45) is -10.7. The first kappa shape index (κ1) is 26.2. The Balaban J connectivity index is 1.62. The molecule has 2 aromatic rings. The summed E-state index contributed by atoms with van der Waals surface area (Å²) in [4.78, 5) is 17.1. The highest BCUT2D eigenvalue weighted by atomic mass is 35.5. The van der Waals surface area contributed by atoms with Crippen LogP contribution in [-0.2, 0) is 10.4 Å². The van der Waals surface area contributed by atoms with Crippen LogP contribution >= 0.6 is 11.6 Å². The molecule has 36 heavy (non-hydrogen) atoms. The molecule has 4 nitrogen and oxygen atoms in total. The third-order valence-electron chi connectivity index (χ3n) is 6.15. The molecule has 0 unspecified atom stereocenters. The molecular formula is C23H17ClF8N2O2. The molecule has 1 aliphatic heterocycles. The van der Waals surface area contributed by atoms with E-state index in [-0.39, 0.29) is 16.8 Å². The molecular weight excluding hydrogens is 524 g/mol. The molecule has 1 fully saturated rings. The van der Waals surface area contributed by atoms with E-state index >= 15 is 0 Å². The molecule has 0 radical (unpaired) electrons. The van der Waals surface area contributed by atoms with E-state index in [1.165, 1.54) is 25.1 Å². The van der Waals surface area contributed by atoms with Gasteiger partial charge in [-0.15, -0.1) is 0 Å². The standard InChI is InChI=1S/C23H17ClF8N2O2/c1-10-4-11(2-3-14(10)20(35)33-13-7-21(28,29)8-13)17-9-22(36-34-17,23(30,31)32)16-6-12(24)5-15(18(16)25)19(26)27/h2-6,13,19H,7-9H2,1H3,(H,33,35)/t22-/m1/s1. The van der Waals surface area contributed by atoms with Crippen LogP contribution in [0.4, 0.5) is 35.1 Å². The Morgan fingerprint density at radius 2 is 1.86 bits per heavy atom. The van der Waals surface area contributed by atoms with Crippen LogP contribution in [-0.4, -0.2) is 29.8 Å². The number of carbonyl (C=O) groups excluding carboxylic acids is 1. The number of aryl methyl sites for hydroxylation is 1. The van der Waals surface area contributed by atoms with Gasteiger partial charge in [-0.3, -0.25) is 4.79 Å². The highest BCUT2D eigenvalue weighted by Crippen LogP contribution is 2.51. The minimum Gasteiger partial charge on any atom is -0.374 e. The number of hydrogen-bond donors (Lipinski definition) is 1. The Morgan fingerprint density at radius 1 is 1.19 bits per heavy atom. The topological polar surface area (TPSA) is 50.7 Å². The second-order valence-corrected chi connectivity index (χ2v) is 9.19. The van der Waals surface area contributed by atoms with E-state index in [0.717, 1.165) is 0 Å². The lowest BCUT2D eigenvalue weighted by Gasteiger charge is -2.35. The first-order chi connectivity index (χ1) is 16.6. The first-order valence-electron chi connectivity index (χ1n) is 10.5. The van der Waals surface area contributed by atoms with Crippen molar-refractivity contribution in [2.75, 3.05) is 0 Å². The van der Waals surface area contributed by atoms with Gasteiger partial charge in [0.2, 0.25) is 0 Å². The Morgan fingerprint density at radius 3 is 2.42 bits per heavy atom. The van der Waals surface area contributed by atoms with Crippen LogP contribution in [0.2, 0.25) is 5.02 Å². The number of hydrogen-bond acceptors (Lipinski definition) is 3. The van der Waals surface area contributed by atoms with Crippen LogP contribution < -0.4 is 5.32 Å². The van der Waals surface area contributed by atoms with Crippen LogP contribution in [0.3, 0.4) is 0 Å². The Bertz CT molecular complexity index is 1240. The first-order valence-corrected chi connectivity index (χ1v) is 10.9. The predicted molar refractivity (Wildman–Crippen MR) is 113 cm³/mol. The van der Waals surface area contributed by atoms with Crippen molar-refractivity contribution in [3.8, 4) is 0 Å². The van der Waals surface area contributed by atoms with Gasteiger partial charge in [0.25, 0.3) is 23.9 Å². The second kappa shape index (κ2) is 8.89. The van der Waals surface area contributed by atoms with E-state index < -0.39 is 77.3 Å². The number of oxime groups is 1. The molecule has 1 heterocycles. The molecule has 1 aliphatic carbocycles. The monoisotopic (exact) mass is 540 g/mol. The summed E-state index contributed by atoms with van der Waals surface area (Å²) < 4.78 is 110. The number of nitrogens with one attached hydrogen (secondary N) is 1. The van der Waals surface area contributed by atoms with Crippen LogP contribution in [0.5, 0.6) is 0 Å². The number of nitrogens with zero attached hydrogens (tertiary/aromatic N) is 1. The molecule has 0 bridgehead atoms. The van der Waals surface area contributed by atoms with E-state index in [2.05, 4.69) is 10.5 Å². The Labute approximate surface area is 204 Å². The van der Waals surface area contributed by atoms with Gasteiger partial charge in [-0.05, 0) is 42.3 Å². The van der Waals surface area contributed by atoms with Gasteiger partial charge in [0, 0.05) is 35.0 Å². The van der Waals surface area contributed by atoms with Crippen molar-refractivity contribution < 1.29 is 44.8 Å². The summed E-state index contributed by atoms with van der Waals surface area (Å²) in [6.45, 7) is 1.48. The van der Waals surface area contributed by atoms with Gasteiger partial charge in [-0.1, -0.05) is 22.8 Å². The smallest absolute Gasteiger partial charge is 0.374 e. The summed E-state index contributed by atoms with van der Waals surface area (Å²) in [7, 11) is 0. The summed E-state index contributed by atoms with van der Waals surface area (Å²) in [5.41, 5.74) is -5.73. The zero-order chi connectivity index (χ0) is 26.6. The SMILES string of the molecule is Cc1cc(C2=NO[C@](c3cc(Cl)cc(C(F)F)c3F)(C(F)(F)F)C2)ccc1C(=O)NC1CC(F)(F)C1. The lowest BCUT2D eigenvalue weighted by atomic mass is 9.85. The Kier molecular flexibility index (Phi) is 6.47. The maximum atomic E-state index is 14.8. The van der Waals surface area contributed by atoms with Crippen molar-refractivity contribution in [1.82, 2.24) is 5.32 Å². The van der Waals surface area contributed by atoms with Crippen molar-refractivity contribution in [2.24, 2.45) is 5.16 Å². The zero-order valence-electron chi connectivity index (χ0n) is 18.3. The van der Waals surface area contributed by atoms with E-state index in [4.69, 9.17) is 16.4 Å². The maximum absolute atomic E-state index is 14.8. The third-order valence-corrected chi connectivity index (χ3v) is 6.37. The quantitative estimate of drug-likeness (QED) is 0.422. The lowest BCUT2D eigenvalue weighted by molar-refractivity contribution is -0.276. The second-order valence-electron chi connectivity index (χ2n) is 8.75. The van der Waals surface area contributed by atoms with Gasteiger partial charge in [0.1, 0.15) is 5.82 Å². The zero-order valence-corrected chi connectivity index (χ0v) is 19.1. The summed E-state index contributed by atoms with van der Waals surface area (Å²) >= 11 is 5.70. The van der Waals surface area contributed by atoms with E-state index in [9.17, 15) is 39.9 Å². The molecule has 1 atom stereocenters. The van der Waals surface area contributed by atoms with Crippen molar-refractivity contribution in [3.63, 3.8) is 0 Å². The molecule has 2 aliphatic rings. The molecule has 1 amide bonds. The van der Waals surface area contributed by atoms with Gasteiger partial charge in [-0.25, -0.2) is 22.0 Å². The van der Waals surface area contributed by atoms with Crippen molar-refractivity contribution in [2.45, 2.75) is 56.4 Å². The van der Waals surface area contributed by atoms with Crippen LogP contribution in [0.15, 0.2) is 35.5 Å². The molecule has 194 valence electrons. The number of halogens is 9. The van der Waals surface area contributed by atoms with Gasteiger partial charge in [0.15, 0.2) is 0 Å². The van der Waals surface area contributed by atoms with Crippen LogP contribution in [0.25, 0.3) is 0 Å². The number of benzene rings is 2. The van der Waals surface area contributed by atoms with Gasteiger partial charge in [-0.2, -0.15) is 13.2 Å². The fraction of sp³-hybridized carbons (Fsp3) is 0.391. The minimum absolute atomic E-state index is 0.0990. The van der Waals surface area contributed by atoms with Gasteiger partial charge < -0.3 is 10.2 Å². The van der Waals surface area contributed by atoms with E-state index in [1.807, 2.05) is 0 Å². The predicted octanol–water partition coefficient (Wildman–Crippen LogP) is 6.83. The minimum atomic E-state index is -5.27. The van der Waals surface area contributed by atoms with Gasteiger partial charge in [0.05, 0.1) is 17.7 Å². The van der Waals surface area contributed by atoms with Crippen LogP contribution in [0, 0.1) is 12.7 Å². The number of rotatable bonds is 5. The molecule has 0 spiro atoms.